The molecule has 140 valence electrons. The summed E-state index contributed by atoms with van der Waals surface area (Å²) in [6.45, 7) is 10.9. The van der Waals surface area contributed by atoms with Crippen LogP contribution in [0.4, 0.5) is 0 Å². The van der Waals surface area contributed by atoms with Crippen LogP contribution in [0.1, 0.15) is 97.8 Å². The smallest absolute Gasteiger partial charge is 0.303 e. The number of hydrogen-bond acceptors (Lipinski definition) is 1. The Bertz CT molecular complexity index is 175. The van der Waals surface area contributed by atoms with Gasteiger partial charge in [0.2, 0.25) is 0 Å². The Kier molecular flexibility index (Phi) is 27.0. The Hall–Kier alpha value is 1.36. The van der Waals surface area contributed by atoms with Crippen molar-refractivity contribution in [1.82, 2.24) is 4.90 Å². The Morgan fingerprint density at radius 1 is 0.522 bits per heavy atom. The molecule has 0 atom stereocenters. The van der Waals surface area contributed by atoms with Gasteiger partial charge in [-0.15, -0.1) is 0 Å². The third kappa shape index (κ3) is 28.4. The third-order valence-electron chi connectivity index (χ3n) is 3.98. The van der Waals surface area contributed by atoms with Gasteiger partial charge in [-0.1, -0.05) is 78.6 Å². The number of unbranched alkanes of at least 4 members (excludes halogenated alkanes) is 9. The number of nitrogens with zero attached hydrogens (tertiary/aromatic N) is 1. The zero-order valence-corrected chi connectivity index (χ0v) is 19.2. The largest absolute Gasteiger partial charge is 0.643 e. The molecule has 0 aromatic carbocycles. The lowest BCUT2D eigenvalue weighted by Gasteiger charge is -2.22. The average molecular weight is 403 g/mol. The van der Waals surface area contributed by atoms with Gasteiger partial charge in [0.05, 0.1) is 0 Å². The normalized spacial score (nSPS) is 10.6. The molecule has 23 heavy (non-hydrogen) atoms. The summed E-state index contributed by atoms with van der Waals surface area (Å²) in [6, 6.07) is 0. The molecule has 1 nitrogen and oxygen atoms in total. The van der Waals surface area contributed by atoms with Crippen LogP contribution < -0.4 is 0 Å². The second kappa shape index (κ2) is 23.4. The van der Waals surface area contributed by atoms with Crippen LogP contribution in [-0.4, -0.2) is 35.9 Å². The highest BCUT2D eigenvalue weighted by molar-refractivity contribution is 7.54. The summed E-state index contributed by atoms with van der Waals surface area (Å²) in [6.07, 6.45) is 16.8. The third-order valence-corrected chi connectivity index (χ3v) is 3.98. The minimum absolute atomic E-state index is 1.35. The SMILES string of the molecule is CCCCCCN(CCCCCC)CCCCCC.[Cl][Al]([Cl])[Cl]. The van der Waals surface area contributed by atoms with Crippen molar-refractivity contribution in [1.29, 1.82) is 0 Å². The second-order valence-electron chi connectivity index (χ2n) is 6.27. The van der Waals surface area contributed by atoms with Crippen molar-refractivity contribution in [3.8, 4) is 0 Å². The lowest BCUT2D eigenvalue weighted by Crippen LogP contribution is -2.27. The van der Waals surface area contributed by atoms with Crippen molar-refractivity contribution in [3.05, 3.63) is 0 Å². The van der Waals surface area contributed by atoms with Gasteiger partial charge in [-0.2, -0.15) is 0 Å². The van der Waals surface area contributed by atoms with E-state index in [4.69, 9.17) is 30.1 Å². The summed E-state index contributed by atoms with van der Waals surface area (Å²) in [4.78, 5) is 2.74. The van der Waals surface area contributed by atoms with Gasteiger partial charge < -0.3 is 4.90 Å². The van der Waals surface area contributed by atoms with E-state index in [0.717, 1.165) is 0 Å². The molecule has 0 aromatic heterocycles. The molecular formula is C18H39AlCl3N. The minimum Gasteiger partial charge on any atom is -0.303 e. The van der Waals surface area contributed by atoms with Gasteiger partial charge in [0.25, 0.3) is 0 Å². The molecule has 0 amide bonds. The summed E-state index contributed by atoms with van der Waals surface area (Å²) in [5, 5.41) is 0. The minimum atomic E-state index is -1.72. The lowest BCUT2D eigenvalue weighted by atomic mass is 10.1. The van der Waals surface area contributed by atoms with Gasteiger partial charge in [-0.3, -0.25) is 0 Å². The maximum Gasteiger partial charge on any atom is 0.643 e. The molecule has 5 heteroatoms. The van der Waals surface area contributed by atoms with Crippen LogP contribution in [0.3, 0.4) is 0 Å². The van der Waals surface area contributed by atoms with Gasteiger partial charge in [0.1, 0.15) is 0 Å². The molecule has 0 fully saturated rings. The first-order valence-electron chi connectivity index (χ1n) is 9.72. The highest BCUT2D eigenvalue weighted by Gasteiger charge is 2.04. The maximum absolute atomic E-state index is 4.94. The molecule has 0 saturated carbocycles. The van der Waals surface area contributed by atoms with E-state index in [1.165, 1.54) is 96.7 Å². The first kappa shape index (κ1) is 26.6. The molecular weight excluding hydrogens is 364 g/mol. The van der Waals surface area contributed by atoms with Gasteiger partial charge in [0.15, 0.2) is 0 Å². The predicted molar refractivity (Wildman–Crippen MR) is 112 cm³/mol. The highest BCUT2D eigenvalue weighted by Crippen LogP contribution is 2.08. The van der Waals surface area contributed by atoms with Gasteiger partial charge in [-0.25, -0.2) is 30.1 Å². The topological polar surface area (TPSA) is 3.24 Å². The molecule has 0 heterocycles. The van der Waals surface area contributed by atoms with Gasteiger partial charge in [0, 0.05) is 0 Å². The summed E-state index contributed by atoms with van der Waals surface area (Å²) in [5.74, 6) is 0. The summed E-state index contributed by atoms with van der Waals surface area (Å²) in [5.41, 5.74) is 0. The zero-order valence-electron chi connectivity index (χ0n) is 15.8. The molecule has 0 rings (SSSR count). The number of halogens is 3. The first-order valence-corrected chi connectivity index (χ1v) is 15.0. The highest BCUT2D eigenvalue weighted by atomic mass is 35.8. The fourth-order valence-corrected chi connectivity index (χ4v) is 2.62. The van der Waals surface area contributed by atoms with E-state index in [1.807, 2.05) is 0 Å². The summed E-state index contributed by atoms with van der Waals surface area (Å²) >= 11 is -1.72. The van der Waals surface area contributed by atoms with Crippen LogP contribution >= 0.6 is 30.1 Å². The Labute approximate surface area is 163 Å². The lowest BCUT2D eigenvalue weighted by molar-refractivity contribution is 0.255. The van der Waals surface area contributed by atoms with Crippen LogP contribution in [-0.2, 0) is 0 Å². The Balaban J connectivity index is 0. The van der Waals surface area contributed by atoms with Gasteiger partial charge >= 0.3 is 11.4 Å². The van der Waals surface area contributed by atoms with Crippen molar-refractivity contribution in [2.75, 3.05) is 19.6 Å². The van der Waals surface area contributed by atoms with Crippen molar-refractivity contribution < 1.29 is 0 Å². The zero-order chi connectivity index (χ0) is 17.8. The first-order chi connectivity index (χ1) is 11.1. The van der Waals surface area contributed by atoms with Crippen LogP contribution in [0.5, 0.6) is 0 Å². The van der Waals surface area contributed by atoms with Crippen molar-refractivity contribution in [2.24, 2.45) is 0 Å². The Morgan fingerprint density at radius 3 is 1.00 bits per heavy atom. The standard InChI is InChI=1S/C18H39N.Al.3ClH/c1-4-7-10-13-16-19(17-14-11-8-5-2)18-15-12-9-6-3;;;;/h4-18H2,1-3H3;;3*1H/q;+3;;;/p-3. The van der Waals surface area contributed by atoms with E-state index in [0.29, 0.717) is 0 Å². The van der Waals surface area contributed by atoms with E-state index >= 15 is 0 Å². The average Bonchev–Trinajstić information content (AvgIpc) is 2.50. The van der Waals surface area contributed by atoms with E-state index in [1.54, 1.807) is 0 Å². The molecule has 0 saturated heterocycles. The quantitative estimate of drug-likeness (QED) is 0.200. The van der Waals surface area contributed by atoms with Crippen LogP contribution in [0, 0.1) is 0 Å². The molecule has 0 bridgehead atoms. The summed E-state index contributed by atoms with van der Waals surface area (Å²) in [7, 11) is 14.8. The predicted octanol–water partition coefficient (Wildman–Crippen LogP) is 7.72. The molecule has 0 aliphatic rings. The van der Waals surface area contributed by atoms with Crippen molar-refractivity contribution >= 4 is 41.5 Å². The fourth-order valence-electron chi connectivity index (χ4n) is 2.62. The van der Waals surface area contributed by atoms with Crippen molar-refractivity contribution in [3.63, 3.8) is 0 Å². The van der Waals surface area contributed by atoms with E-state index < -0.39 is 11.4 Å². The van der Waals surface area contributed by atoms with Crippen molar-refractivity contribution in [2.45, 2.75) is 97.8 Å². The van der Waals surface area contributed by atoms with E-state index in [2.05, 4.69) is 25.7 Å². The van der Waals surface area contributed by atoms with Gasteiger partial charge in [-0.05, 0) is 38.9 Å². The van der Waals surface area contributed by atoms with Crippen LogP contribution in [0.2, 0.25) is 0 Å². The monoisotopic (exact) mass is 401 g/mol. The van der Waals surface area contributed by atoms with Crippen LogP contribution in [0.15, 0.2) is 0 Å². The van der Waals surface area contributed by atoms with Crippen LogP contribution in [0.25, 0.3) is 0 Å². The molecule has 0 aromatic rings. The van der Waals surface area contributed by atoms with E-state index in [-0.39, 0.29) is 0 Å². The number of hydrogen-bond donors (Lipinski definition) is 0. The summed E-state index contributed by atoms with van der Waals surface area (Å²) < 4.78 is 0. The molecule has 0 N–H and O–H groups in total. The molecule has 0 aliphatic heterocycles. The second-order valence-corrected chi connectivity index (χ2v) is 12.7. The molecule has 0 aliphatic carbocycles. The Morgan fingerprint density at radius 2 is 0.783 bits per heavy atom. The number of rotatable bonds is 15. The maximum atomic E-state index is 4.94. The molecule has 0 radical (unpaired) electrons. The fraction of sp³-hybridized carbons (Fsp3) is 1.00. The van der Waals surface area contributed by atoms with E-state index in [9.17, 15) is 0 Å². The molecule has 0 spiro atoms. The molecule has 0 unspecified atom stereocenters.